The van der Waals surface area contributed by atoms with Crippen molar-refractivity contribution in [2.24, 2.45) is 0 Å². The number of halogens is 2. The van der Waals surface area contributed by atoms with E-state index in [0.717, 1.165) is 18.7 Å². The summed E-state index contributed by atoms with van der Waals surface area (Å²) in [5.74, 6) is -1.33. The smallest absolute Gasteiger partial charge is 0.162 e. The first-order chi connectivity index (χ1) is 9.25. The zero-order chi connectivity index (χ0) is 13.5. The minimum Gasteiger partial charge on any atom is -0.492 e. The van der Waals surface area contributed by atoms with Crippen molar-refractivity contribution in [3.8, 4) is 5.75 Å². The zero-order valence-corrected chi connectivity index (χ0v) is 11.1. The molecule has 1 saturated carbocycles. The number of nitrogens with one attached hydrogen (secondary N) is 1. The van der Waals surface area contributed by atoms with Gasteiger partial charge in [-0.15, -0.1) is 0 Å². The largest absolute Gasteiger partial charge is 0.492 e. The van der Waals surface area contributed by atoms with Gasteiger partial charge in [0, 0.05) is 18.7 Å². The molecule has 1 aromatic rings. The summed E-state index contributed by atoms with van der Waals surface area (Å²) in [6.45, 7) is 1.21. The van der Waals surface area contributed by atoms with Gasteiger partial charge in [-0.05, 0) is 25.0 Å². The topological polar surface area (TPSA) is 21.3 Å². The molecule has 1 aliphatic carbocycles. The molecule has 4 heteroatoms. The third-order valence-corrected chi connectivity index (χ3v) is 3.55. The summed E-state index contributed by atoms with van der Waals surface area (Å²) in [7, 11) is 0. The third kappa shape index (κ3) is 4.78. The van der Waals surface area contributed by atoms with Crippen LogP contribution in [0, 0.1) is 11.6 Å². The van der Waals surface area contributed by atoms with Gasteiger partial charge in [0.1, 0.15) is 12.4 Å². The Bertz CT molecular complexity index is 390. The van der Waals surface area contributed by atoms with Crippen LogP contribution in [0.3, 0.4) is 0 Å². The summed E-state index contributed by atoms with van der Waals surface area (Å²) in [4.78, 5) is 0. The van der Waals surface area contributed by atoms with Crippen molar-refractivity contribution < 1.29 is 13.5 Å². The van der Waals surface area contributed by atoms with Crippen LogP contribution >= 0.6 is 0 Å². The van der Waals surface area contributed by atoms with E-state index in [9.17, 15) is 8.78 Å². The van der Waals surface area contributed by atoms with E-state index in [-0.39, 0.29) is 0 Å². The molecule has 1 aromatic carbocycles. The summed E-state index contributed by atoms with van der Waals surface area (Å²) < 4.78 is 31.1. The van der Waals surface area contributed by atoms with Crippen molar-refractivity contribution in [2.45, 2.75) is 44.6 Å². The fourth-order valence-corrected chi connectivity index (χ4v) is 2.48. The van der Waals surface area contributed by atoms with E-state index in [4.69, 9.17) is 4.74 Å². The van der Waals surface area contributed by atoms with Crippen LogP contribution in [0.2, 0.25) is 0 Å². The molecule has 0 saturated heterocycles. The van der Waals surface area contributed by atoms with E-state index in [1.165, 1.54) is 44.6 Å². The first-order valence-electron chi connectivity index (χ1n) is 7.07. The Labute approximate surface area is 113 Å². The van der Waals surface area contributed by atoms with Gasteiger partial charge in [0.25, 0.3) is 0 Å². The van der Waals surface area contributed by atoms with Gasteiger partial charge in [-0.3, -0.25) is 0 Å². The highest BCUT2D eigenvalue weighted by Crippen LogP contribution is 2.17. The first kappa shape index (κ1) is 14.3. The van der Waals surface area contributed by atoms with Crippen molar-refractivity contribution in [3.63, 3.8) is 0 Å². The maximum absolute atomic E-state index is 13.0. The summed E-state index contributed by atoms with van der Waals surface area (Å²) in [6, 6.07) is 4.20. The summed E-state index contributed by atoms with van der Waals surface area (Å²) in [5, 5.41) is 3.47. The quantitative estimate of drug-likeness (QED) is 0.650. The van der Waals surface area contributed by atoms with Gasteiger partial charge < -0.3 is 10.1 Å². The number of hydrogen-bond acceptors (Lipinski definition) is 2. The Morgan fingerprint density at radius 3 is 2.47 bits per heavy atom. The van der Waals surface area contributed by atoms with Crippen LogP contribution in [0.4, 0.5) is 8.78 Å². The minimum atomic E-state index is -0.866. The van der Waals surface area contributed by atoms with Crippen LogP contribution in [-0.4, -0.2) is 19.2 Å². The Morgan fingerprint density at radius 1 is 1.05 bits per heavy atom. The van der Waals surface area contributed by atoms with Crippen molar-refractivity contribution in [2.75, 3.05) is 13.2 Å². The van der Waals surface area contributed by atoms with Crippen molar-refractivity contribution >= 4 is 0 Å². The highest BCUT2D eigenvalue weighted by Gasteiger charge is 2.11. The SMILES string of the molecule is Fc1ccc(OCCNC2CCCCCC2)cc1F. The Kier molecular flexibility index (Phi) is 5.58. The third-order valence-electron chi connectivity index (χ3n) is 3.55. The van der Waals surface area contributed by atoms with E-state index in [1.807, 2.05) is 0 Å². The van der Waals surface area contributed by atoms with E-state index >= 15 is 0 Å². The maximum Gasteiger partial charge on any atom is 0.162 e. The van der Waals surface area contributed by atoms with E-state index in [0.29, 0.717) is 18.4 Å². The highest BCUT2D eigenvalue weighted by molar-refractivity contribution is 5.23. The second-order valence-electron chi connectivity index (χ2n) is 5.07. The van der Waals surface area contributed by atoms with Crippen LogP contribution in [0.1, 0.15) is 38.5 Å². The molecule has 2 rings (SSSR count). The van der Waals surface area contributed by atoms with Crippen molar-refractivity contribution in [1.29, 1.82) is 0 Å². The average Bonchev–Trinajstić information content (AvgIpc) is 2.67. The number of ether oxygens (including phenoxy) is 1. The van der Waals surface area contributed by atoms with Crippen LogP contribution in [0.5, 0.6) is 5.75 Å². The lowest BCUT2D eigenvalue weighted by Crippen LogP contribution is -2.32. The molecule has 0 amide bonds. The second kappa shape index (κ2) is 7.43. The maximum atomic E-state index is 13.0. The van der Waals surface area contributed by atoms with Crippen LogP contribution in [-0.2, 0) is 0 Å². The van der Waals surface area contributed by atoms with E-state index in [2.05, 4.69) is 5.32 Å². The lowest BCUT2D eigenvalue weighted by Gasteiger charge is -2.16. The average molecular weight is 269 g/mol. The van der Waals surface area contributed by atoms with Crippen LogP contribution < -0.4 is 10.1 Å². The van der Waals surface area contributed by atoms with Crippen molar-refractivity contribution in [3.05, 3.63) is 29.8 Å². The monoisotopic (exact) mass is 269 g/mol. The molecule has 1 N–H and O–H groups in total. The van der Waals surface area contributed by atoms with Crippen LogP contribution in [0.15, 0.2) is 18.2 Å². The Hall–Kier alpha value is -1.16. The predicted octanol–water partition coefficient (Wildman–Crippen LogP) is 3.66. The molecule has 106 valence electrons. The zero-order valence-electron chi connectivity index (χ0n) is 11.1. The van der Waals surface area contributed by atoms with Gasteiger partial charge in [0.2, 0.25) is 0 Å². The second-order valence-corrected chi connectivity index (χ2v) is 5.07. The lowest BCUT2D eigenvalue weighted by molar-refractivity contribution is 0.298. The molecule has 1 aliphatic rings. The van der Waals surface area contributed by atoms with Gasteiger partial charge >= 0.3 is 0 Å². The number of rotatable bonds is 5. The van der Waals surface area contributed by atoms with Crippen molar-refractivity contribution in [1.82, 2.24) is 5.32 Å². The molecule has 0 bridgehead atoms. The molecule has 0 aromatic heterocycles. The van der Waals surface area contributed by atoms with Gasteiger partial charge in [0.05, 0.1) is 0 Å². The number of hydrogen-bond donors (Lipinski definition) is 1. The molecule has 0 atom stereocenters. The van der Waals surface area contributed by atoms with E-state index < -0.39 is 11.6 Å². The molecule has 0 unspecified atom stereocenters. The fourth-order valence-electron chi connectivity index (χ4n) is 2.48. The number of benzene rings is 1. The standard InChI is InChI=1S/C15H21F2NO/c16-14-8-7-13(11-15(14)17)19-10-9-18-12-5-3-1-2-4-6-12/h7-8,11-12,18H,1-6,9-10H2. The molecule has 0 spiro atoms. The summed E-state index contributed by atoms with van der Waals surface area (Å²) in [5.41, 5.74) is 0. The molecular weight excluding hydrogens is 248 g/mol. The molecule has 19 heavy (non-hydrogen) atoms. The predicted molar refractivity (Wildman–Crippen MR) is 71.3 cm³/mol. The Balaban J connectivity index is 1.67. The van der Waals surface area contributed by atoms with Gasteiger partial charge in [0.15, 0.2) is 11.6 Å². The summed E-state index contributed by atoms with van der Waals surface area (Å²) >= 11 is 0. The molecule has 0 heterocycles. The molecule has 0 radical (unpaired) electrons. The highest BCUT2D eigenvalue weighted by atomic mass is 19.2. The minimum absolute atomic E-state index is 0.376. The Morgan fingerprint density at radius 2 is 1.79 bits per heavy atom. The molecule has 1 fully saturated rings. The first-order valence-corrected chi connectivity index (χ1v) is 7.07. The summed E-state index contributed by atoms with van der Waals surface area (Å²) in [6.07, 6.45) is 7.72. The molecule has 0 aliphatic heterocycles. The molecular formula is C15H21F2NO. The van der Waals surface area contributed by atoms with E-state index in [1.54, 1.807) is 0 Å². The lowest BCUT2D eigenvalue weighted by atomic mass is 10.1. The normalized spacial score (nSPS) is 17.2. The van der Waals surface area contributed by atoms with Crippen LogP contribution in [0.25, 0.3) is 0 Å². The van der Waals surface area contributed by atoms with Gasteiger partial charge in [-0.2, -0.15) is 0 Å². The molecule has 2 nitrogen and oxygen atoms in total. The van der Waals surface area contributed by atoms with Gasteiger partial charge in [-0.25, -0.2) is 8.78 Å². The van der Waals surface area contributed by atoms with Gasteiger partial charge in [-0.1, -0.05) is 25.7 Å². The fraction of sp³-hybridized carbons (Fsp3) is 0.600.